The van der Waals surface area contributed by atoms with E-state index in [1.54, 1.807) is 7.11 Å². The van der Waals surface area contributed by atoms with E-state index in [1.807, 2.05) is 18.2 Å². The van der Waals surface area contributed by atoms with Crippen LogP contribution in [0.25, 0.3) is 6.08 Å². The number of nitrogens with zero attached hydrogens (tertiary/aromatic N) is 2. The molecule has 1 aromatic rings. The van der Waals surface area contributed by atoms with Gasteiger partial charge in [-0.15, -0.1) is 0 Å². The van der Waals surface area contributed by atoms with Crippen molar-refractivity contribution in [3.05, 3.63) is 35.9 Å². The van der Waals surface area contributed by atoms with E-state index < -0.39 is 0 Å². The predicted molar refractivity (Wildman–Crippen MR) is 105 cm³/mol. The Labute approximate surface area is 157 Å². The minimum Gasteiger partial charge on any atom is -0.496 e. The van der Waals surface area contributed by atoms with Gasteiger partial charge in [0.25, 0.3) is 0 Å². The molecule has 1 heterocycles. The number of likely N-dealkylation sites (tertiary alicyclic amines) is 1. The van der Waals surface area contributed by atoms with Gasteiger partial charge in [-0.2, -0.15) is 0 Å². The molecule has 1 fully saturated rings. The van der Waals surface area contributed by atoms with Crippen LogP contribution in [0, 0.1) is 5.92 Å². The first-order valence-corrected chi connectivity index (χ1v) is 9.30. The molecule has 0 radical (unpaired) electrons. The smallest absolute Gasteiger partial charge is 0.305 e. The molecule has 0 unspecified atom stereocenters. The highest BCUT2D eigenvalue weighted by Gasteiger charge is 2.30. The molecule has 0 amide bonds. The van der Waals surface area contributed by atoms with Crippen molar-refractivity contribution in [1.29, 1.82) is 0 Å². The van der Waals surface area contributed by atoms with E-state index in [9.17, 15) is 4.79 Å². The molecular weight excluding hydrogens is 328 g/mol. The van der Waals surface area contributed by atoms with Crippen LogP contribution in [-0.2, 0) is 9.53 Å². The maximum Gasteiger partial charge on any atom is 0.305 e. The van der Waals surface area contributed by atoms with Crippen molar-refractivity contribution in [1.82, 2.24) is 9.80 Å². The average Bonchev–Trinajstić information content (AvgIpc) is 2.66. The van der Waals surface area contributed by atoms with Gasteiger partial charge in [0.15, 0.2) is 0 Å². The van der Waals surface area contributed by atoms with Crippen molar-refractivity contribution in [2.75, 3.05) is 47.9 Å². The molecule has 0 aromatic heterocycles. The summed E-state index contributed by atoms with van der Waals surface area (Å²) in [4.78, 5) is 16.3. The van der Waals surface area contributed by atoms with Crippen LogP contribution in [-0.4, -0.2) is 69.8 Å². The number of methoxy groups -OCH3 is 2. The lowest BCUT2D eigenvalue weighted by Gasteiger charge is -2.41. The van der Waals surface area contributed by atoms with Gasteiger partial charge in [-0.1, -0.05) is 30.4 Å². The van der Waals surface area contributed by atoms with Gasteiger partial charge in [0.2, 0.25) is 0 Å². The van der Waals surface area contributed by atoms with E-state index in [2.05, 4.69) is 42.1 Å². The number of hydrogen-bond acceptors (Lipinski definition) is 5. The summed E-state index contributed by atoms with van der Waals surface area (Å²) in [5.74, 6) is 1.26. The molecule has 0 saturated carbocycles. The second kappa shape index (κ2) is 10.3. The highest BCUT2D eigenvalue weighted by Crippen LogP contribution is 2.25. The summed E-state index contributed by atoms with van der Waals surface area (Å²) in [6, 6.07) is 8.56. The minimum absolute atomic E-state index is 0.115. The molecule has 1 aliphatic heterocycles. The number of rotatable bonds is 8. The van der Waals surface area contributed by atoms with Gasteiger partial charge in [-0.25, -0.2) is 0 Å². The van der Waals surface area contributed by atoms with Crippen molar-refractivity contribution in [3.63, 3.8) is 0 Å². The fourth-order valence-corrected chi connectivity index (χ4v) is 3.76. The zero-order chi connectivity index (χ0) is 18.9. The summed E-state index contributed by atoms with van der Waals surface area (Å²) in [6.07, 6.45) is 6.82. The maximum atomic E-state index is 11.5. The van der Waals surface area contributed by atoms with E-state index in [0.717, 1.165) is 43.8 Å². The van der Waals surface area contributed by atoms with Gasteiger partial charge in [-0.3, -0.25) is 9.69 Å². The molecule has 26 heavy (non-hydrogen) atoms. The second-order valence-electron chi connectivity index (χ2n) is 7.10. The summed E-state index contributed by atoms with van der Waals surface area (Å²) < 4.78 is 10.2. The van der Waals surface area contributed by atoms with Crippen molar-refractivity contribution < 1.29 is 14.3 Å². The molecule has 0 N–H and O–H groups in total. The maximum absolute atomic E-state index is 11.5. The highest BCUT2D eigenvalue weighted by molar-refractivity contribution is 5.69. The number of piperidine rings is 1. The largest absolute Gasteiger partial charge is 0.496 e. The number of hydrogen-bond donors (Lipinski definition) is 0. The van der Waals surface area contributed by atoms with Crippen LogP contribution in [0.2, 0.25) is 0 Å². The Morgan fingerprint density at radius 1 is 1.31 bits per heavy atom. The minimum atomic E-state index is -0.115. The Hall–Kier alpha value is -1.85. The van der Waals surface area contributed by atoms with Crippen LogP contribution in [0.1, 0.15) is 24.8 Å². The summed E-state index contributed by atoms with van der Waals surface area (Å²) in [5.41, 5.74) is 1.10. The Morgan fingerprint density at radius 2 is 2.08 bits per heavy atom. The quantitative estimate of drug-likeness (QED) is 0.667. The van der Waals surface area contributed by atoms with Crippen molar-refractivity contribution in [2.24, 2.45) is 5.92 Å². The monoisotopic (exact) mass is 360 g/mol. The zero-order valence-corrected chi connectivity index (χ0v) is 16.5. The Morgan fingerprint density at radius 3 is 2.77 bits per heavy atom. The molecule has 144 valence electrons. The van der Waals surface area contributed by atoms with Crippen LogP contribution >= 0.6 is 0 Å². The van der Waals surface area contributed by atoms with E-state index in [-0.39, 0.29) is 5.97 Å². The van der Waals surface area contributed by atoms with E-state index in [4.69, 9.17) is 9.47 Å². The van der Waals surface area contributed by atoms with Gasteiger partial charge in [-0.05, 0) is 45.5 Å². The van der Waals surface area contributed by atoms with Gasteiger partial charge in [0.05, 0.1) is 14.2 Å². The van der Waals surface area contributed by atoms with Gasteiger partial charge in [0.1, 0.15) is 5.75 Å². The lowest BCUT2D eigenvalue weighted by atomic mass is 9.87. The van der Waals surface area contributed by atoms with Crippen LogP contribution in [0.15, 0.2) is 30.3 Å². The number of benzene rings is 1. The second-order valence-corrected chi connectivity index (χ2v) is 7.10. The molecule has 1 saturated heterocycles. The molecule has 2 rings (SSSR count). The molecule has 0 bridgehead atoms. The molecule has 2 atom stereocenters. The highest BCUT2D eigenvalue weighted by atomic mass is 16.5. The first-order chi connectivity index (χ1) is 12.5. The molecule has 0 aliphatic carbocycles. The SMILES string of the molecule is COC(=O)CC[C@H]1CN(C/C=C/c2ccccc2OC)CC[C@H]1N(C)C. The average molecular weight is 360 g/mol. The van der Waals surface area contributed by atoms with Gasteiger partial charge in [0, 0.05) is 31.1 Å². The topological polar surface area (TPSA) is 42.0 Å². The van der Waals surface area contributed by atoms with Crippen LogP contribution in [0.3, 0.4) is 0 Å². The fraction of sp³-hybridized carbons (Fsp3) is 0.571. The third kappa shape index (κ3) is 5.85. The molecule has 5 heteroatoms. The Balaban J connectivity index is 1.93. The first kappa shape index (κ1) is 20.5. The number of carbonyl (C=O) groups excluding carboxylic acids is 1. The summed E-state index contributed by atoms with van der Waals surface area (Å²) in [7, 11) is 7.42. The zero-order valence-electron chi connectivity index (χ0n) is 16.5. The van der Waals surface area contributed by atoms with Crippen LogP contribution in [0.5, 0.6) is 5.75 Å². The normalized spacial score (nSPS) is 21.3. The first-order valence-electron chi connectivity index (χ1n) is 9.30. The van der Waals surface area contributed by atoms with Crippen LogP contribution < -0.4 is 4.74 Å². The third-order valence-corrected chi connectivity index (χ3v) is 5.19. The van der Waals surface area contributed by atoms with E-state index in [0.29, 0.717) is 18.4 Å². The third-order valence-electron chi connectivity index (χ3n) is 5.19. The molecular formula is C21H32N2O3. The summed E-state index contributed by atoms with van der Waals surface area (Å²) in [6.45, 7) is 3.00. The molecule has 1 aliphatic rings. The summed E-state index contributed by atoms with van der Waals surface area (Å²) in [5, 5.41) is 0. The molecule has 5 nitrogen and oxygen atoms in total. The fourth-order valence-electron chi connectivity index (χ4n) is 3.76. The number of esters is 1. The van der Waals surface area contributed by atoms with Gasteiger partial charge >= 0.3 is 5.97 Å². The van der Waals surface area contributed by atoms with Crippen molar-refractivity contribution >= 4 is 12.0 Å². The standard InChI is InChI=1S/C21H32N2O3/c1-22(2)19-13-15-23(16-18(19)11-12-21(24)26-4)14-7-9-17-8-5-6-10-20(17)25-3/h5-10,18-19H,11-16H2,1-4H3/b9-7+/t18-,19+/m0/s1. The van der Waals surface area contributed by atoms with E-state index >= 15 is 0 Å². The number of ether oxygens (including phenoxy) is 2. The van der Waals surface area contributed by atoms with Crippen LogP contribution in [0.4, 0.5) is 0 Å². The Bertz CT molecular complexity index is 601. The van der Waals surface area contributed by atoms with E-state index in [1.165, 1.54) is 7.11 Å². The van der Waals surface area contributed by atoms with Gasteiger partial charge < -0.3 is 14.4 Å². The number of carbonyl (C=O) groups is 1. The summed E-state index contributed by atoms with van der Waals surface area (Å²) >= 11 is 0. The lowest BCUT2D eigenvalue weighted by molar-refractivity contribution is -0.141. The van der Waals surface area contributed by atoms with Crippen molar-refractivity contribution in [2.45, 2.75) is 25.3 Å². The molecule has 0 spiro atoms. The molecule has 1 aromatic carbocycles. The lowest BCUT2D eigenvalue weighted by Crippen LogP contribution is -2.49. The number of para-hydroxylation sites is 1. The van der Waals surface area contributed by atoms with Crippen molar-refractivity contribution in [3.8, 4) is 5.75 Å². The predicted octanol–water partition coefficient (Wildman–Crippen LogP) is 2.91. The Kier molecular flexibility index (Phi) is 8.13.